The molecule has 0 aliphatic carbocycles. The Labute approximate surface area is 88.9 Å². The minimum absolute atomic E-state index is 0.165. The molecule has 0 bridgehead atoms. The van der Waals surface area contributed by atoms with Crippen molar-refractivity contribution in [1.29, 1.82) is 0 Å². The van der Waals surface area contributed by atoms with E-state index in [2.05, 4.69) is 0 Å². The molecule has 0 N–H and O–H groups in total. The number of halogens is 3. The molecule has 0 spiro atoms. The van der Waals surface area contributed by atoms with Crippen molar-refractivity contribution in [2.75, 3.05) is 0 Å². The van der Waals surface area contributed by atoms with E-state index >= 15 is 0 Å². The Morgan fingerprint density at radius 3 is 2.50 bits per heavy atom. The van der Waals surface area contributed by atoms with E-state index < -0.39 is 23.0 Å². The predicted molar refractivity (Wildman–Crippen MR) is 53.8 cm³/mol. The third-order valence-corrected chi connectivity index (χ3v) is 2.42. The van der Waals surface area contributed by atoms with E-state index in [1.54, 1.807) is 6.92 Å². The van der Waals surface area contributed by atoms with Crippen molar-refractivity contribution < 1.29 is 13.2 Å². The first-order valence-corrected chi connectivity index (χ1v) is 4.73. The van der Waals surface area contributed by atoms with Crippen molar-refractivity contribution in [3.05, 3.63) is 46.0 Å². The summed E-state index contributed by atoms with van der Waals surface area (Å²) < 4.78 is 40.6. The summed E-state index contributed by atoms with van der Waals surface area (Å²) in [6, 6.07) is 3.34. The molecule has 0 aliphatic heterocycles. The van der Waals surface area contributed by atoms with Crippen LogP contribution in [0.15, 0.2) is 23.0 Å². The highest BCUT2D eigenvalue weighted by molar-refractivity contribution is 5.79. The van der Waals surface area contributed by atoms with Crippen molar-refractivity contribution in [2.24, 2.45) is 0 Å². The van der Waals surface area contributed by atoms with Crippen molar-refractivity contribution in [3.63, 3.8) is 0 Å². The van der Waals surface area contributed by atoms with Gasteiger partial charge in [0.2, 0.25) is 0 Å². The van der Waals surface area contributed by atoms with Crippen LogP contribution in [-0.4, -0.2) is 4.57 Å². The van der Waals surface area contributed by atoms with Gasteiger partial charge in [-0.2, -0.15) is 0 Å². The number of rotatable bonds is 1. The SMILES string of the molecule is CCn1c(=O)ccc2cc(F)c(F)c(F)c21. The number of benzene rings is 1. The Hall–Kier alpha value is -1.78. The lowest BCUT2D eigenvalue weighted by Crippen LogP contribution is -2.19. The average Bonchev–Trinajstić information content (AvgIpc) is 2.27. The monoisotopic (exact) mass is 227 g/mol. The van der Waals surface area contributed by atoms with Gasteiger partial charge in [-0.25, -0.2) is 13.2 Å². The zero-order valence-corrected chi connectivity index (χ0v) is 8.43. The van der Waals surface area contributed by atoms with Crippen molar-refractivity contribution in [3.8, 4) is 0 Å². The lowest BCUT2D eigenvalue weighted by Gasteiger charge is -2.09. The molecule has 0 radical (unpaired) electrons. The number of nitrogens with zero attached hydrogens (tertiary/aromatic N) is 1. The van der Waals surface area contributed by atoms with Gasteiger partial charge in [-0.05, 0) is 19.1 Å². The highest BCUT2D eigenvalue weighted by atomic mass is 19.2. The number of fused-ring (bicyclic) bond motifs is 1. The van der Waals surface area contributed by atoms with Crippen LogP contribution in [0.1, 0.15) is 6.92 Å². The lowest BCUT2D eigenvalue weighted by molar-refractivity contribution is 0.450. The Morgan fingerprint density at radius 2 is 1.88 bits per heavy atom. The van der Waals surface area contributed by atoms with E-state index in [0.29, 0.717) is 0 Å². The van der Waals surface area contributed by atoms with Crippen LogP contribution in [-0.2, 0) is 6.54 Å². The molecule has 0 atom stereocenters. The first-order chi connectivity index (χ1) is 7.56. The zero-order chi connectivity index (χ0) is 11.9. The van der Waals surface area contributed by atoms with Crippen LogP contribution in [0, 0.1) is 17.5 Å². The molecule has 2 nitrogen and oxygen atoms in total. The molecule has 1 heterocycles. The molecule has 5 heteroatoms. The molecule has 16 heavy (non-hydrogen) atoms. The zero-order valence-electron chi connectivity index (χ0n) is 8.43. The molecule has 1 aromatic heterocycles. The van der Waals surface area contributed by atoms with Crippen LogP contribution in [0.5, 0.6) is 0 Å². The Bertz CT molecular complexity index is 619. The van der Waals surface area contributed by atoms with Crippen LogP contribution >= 0.6 is 0 Å². The fraction of sp³-hybridized carbons (Fsp3) is 0.182. The summed E-state index contributed by atoms with van der Waals surface area (Å²) in [7, 11) is 0. The van der Waals surface area contributed by atoms with Crippen molar-refractivity contribution in [1.82, 2.24) is 4.57 Å². The lowest BCUT2D eigenvalue weighted by atomic mass is 10.2. The summed E-state index contributed by atoms with van der Waals surface area (Å²) in [4.78, 5) is 11.4. The second-order valence-electron chi connectivity index (χ2n) is 3.34. The fourth-order valence-electron chi connectivity index (χ4n) is 1.68. The highest BCUT2D eigenvalue weighted by Crippen LogP contribution is 2.21. The van der Waals surface area contributed by atoms with E-state index in [1.807, 2.05) is 0 Å². The largest absolute Gasteiger partial charge is 0.306 e. The summed E-state index contributed by atoms with van der Waals surface area (Å²) in [5.41, 5.74) is -0.645. The summed E-state index contributed by atoms with van der Waals surface area (Å²) in [6.07, 6.45) is 0. The summed E-state index contributed by atoms with van der Waals surface area (Å²) in [5.74, 6) is -4.14. The number of aryl methyl sites for hydroxylation is 1. The maximum absolute atomic E-state index is 13.5. The molecule has 0 fully saturated rings. The number of hydrogen-bond donors (Lipinski definition) is 0. The maximum atomic E-state index is 13.5. The van der Waals surface area contributed by atoms with E-state index in [0.717, 1.165) is 10.6 Å². The van der Waals surface area contributed by atoms with Gasteiger partial charge in [-0.1, -0.05) is 0 Å². The maximum Gasteiger partial charge on any atom is 0.251 e. The van der Waals surface area contributed by atoms with Gasteiger partial charge in [0.15, 0.2) is 17.5 Å². The van der Waals surface area contributed by atoms with Gasteiger partial charge >= 0.3 is 0 Å². The standard InChI is InChI=1S/C11H8F3NO/c1-2-15-8(16)4-3-6-5-7(12)9(13)10(14)11(6)15/h3-5H,2H2,1H3. The minimum Gasteiger partial charge on any atom is -0.306 e. The van der Waals surface area contributed by atoms with Crippen LogP contribution < -0.4 is 5.56 Å². The van der Waals surface area contributed by atoms with Gasteiger partial charge < -0.3 is 4.57 Å². The van der Waals surface area contributed by atoms with Crippen LogP contribution in [0.25, 0.3) is 10.9 Å². The molecule has 84 valence electrons. The Kier molecular flexibility index (Phi) is 2.46. The van der Waals surface area contributed by atoms with Crippen molar-refractivity contribution >= 4 is 10.9 Å². The molecule has 2 rings (SSSR count). The highest BCUT2D eigenvalue weighted by Gasteiger charge is 2.16. The van der Waals surface area contributed by atoms with E-state index in [-0.39, 0.29) is 17.4 Å². The number of hydrogen-bond acceptors (Lipinski definition) is 1. The second-order valence-corrected chi connectivity index (χ2v) is 3.34. The van der Waals surface area contributed by atoms with Gasteiger partial charge in [-0.3, -0.25) is 4.79 Å². The van der Waals surface area contributed by atoms with Crippen LogP contribution in [0.3, 0.4) is 0 Å². The molecule has 0 saturated carbocycles. The molecular formula is C11H8F3NO. The summed E-state index contributed by atoms with van der Waals surface area (Å²) in [6.45, 7) is 1.82. The van der Waals surface area contributed by atoms with Crippen molar-refractivity contribution in [2.45, 2.75) is 13.5 Å². The van der Waals surface area contributed by atoms with E-state index in [1.165, 1.54) is 12.1 Å². The minimum atomic E-state index is -1.56. The summed E-state index contributed by atoms with van der Waals surface area (Å²) in [5, 5.41) is 0.165. The van der Waals surface area contributed by atoms with E-state index in [9.17, 15) is 18.0 Å². The number of aromatic nitrogens is 1. The molecule has 1 aromatic carbocycles. The first kappa shape index (κ1) is 10.7. The van der Waals surface area contributed by atoms with Crippen LogP contribution in [0.4, 0.5) is 13.2 Å². The van der Waals surface area contributed by atoms with Crippen LogP contribution in [0.2, 0.25) is 0 Å². The van der Waals surface area contributed by atoms with Gasteiger partial charge in [0, 0.05) is 18.0 Å². The third kappa shape index (κ3) is 1.39. The topological polar surface area (TPSA) is 22.0 Å². The molecule has 0 unspecified atom stereocenters. The number of pyridine rings is 1. The van der Waals surface area contributed by atoms with Gasteiger partial charge in [-0.15, -0.1) is 0 Å². The Balaban J connectivity index is 3.03. The van der Waals surface area contributed by atoms with Gasteiger partial charge in [0.25, 0.3) is 5.56 Å². The second kappa shape index (κ2) is 3.66. The molecule has 0 amide bonds. The normalized spacial score (nSPS) is 11.0. The fourth-order valence-corrected chi connectivity index (χ4v) is 1.68. The molecule has 0 saturated heterocycles. The average molecular weight is 227 g/mol. The quantitative estimate of drug-likeness (QED) is 0.686. The Morgan fingerprint density at radius 1 is 1.19 bits per heavy atom. The van der Waals surface area contributed by atoms with Gasteiger partial charge in [0.1, 0.15) is 0 Å². The molecular weight excluding hydrogens is 219 g/mol. The molecule has 2 aromatic rings. The first-order valence-electron chi connectivity index (χ1n) is 4.73. The van der Waals surface area contributed by atoms with E-state index in [4.69, 9.17) is 0 Å². The molecule has 0 aliphatic rings. The van der Waals surface area contributed by atoms with Gasteiger partial charge in [0.05, 0.1) is 5.52 Å². The summed E-state index contributed by atoms with van der Waals surface area (Å²) >= 11 is 0. The smallest absolute Gasteiger partial charge is 0.251 e. The third-order valence-electron chi connectivity index (χ3n) is 2.42. The predicted octanol–water partition coefficient (Wildman–Crippen LogP) is 2.44.